The van der Waals surface area contributed by atoms with Gasteiger partial charge in [-0.25, -0.2) is 12.7 Å². The second-order valence-electron chi connectivity index (χ2n) is 4.13. The number of carbonyl (C=O) groups is 1. The third-order valence-electron chi connectivity index (χ3n) is 2.95. The fourth-order valence-corrected chi connectivity index (χ4v) is 3.32. The van der Waals surface area contributed by atoms with Crippen LogP contribution in [0.5, 0.6) is 5.75 Å². The number of hydrogen-bond donors (Lipinski definition) is 0. The van der Waals surface area contributed by atoms with E-state index in [2.05, 4.69) is 0 Å². The Balaban J connectivity index is 2.00. The average Bonchev–Trinajstić information content (AvgIpc) is 2.62. The normalized spacial score (nSPS) is 18.1. The molecule has 5 nitrogen and oxygen atoms in total. The van der Waals surface area contributed by atoms with Crippen molar-refractivity contribution in [3.63, 3.8) is 0 Å². The summed E-state index contributed by atoms with van der Waals surface area (Å²) in [5.41, 5.74) is 0.978. The molecule has 6 heteroatoms. The lowest BCUT2D eigenvalue weighted by molar-refractivity contribution is -0.125. The molecule has 0 aromatic heterocycles. The molecule has 0 atom stereocenters. The summed E-state index contributed by atoms with van der Waals surface area (Å²) < 4.78 is 29.2. The van der Waals surface area contributed by atoms with Crippen molar-refractivity contribution in [1.29, 1.82) is 0 Å². The number of ether oxygens (including phenoxy) is 1. The van der Waals surface area contributed by atoms with Crippen LogP contribution in [0.4, 0.5) is 0 Å². The fourth-order valence-electron chi connectivity index (χ4n) is 1.89. The van der Waals surface area contributed by atoms with Gasteiger partial charge in [0.05, 0.1) is 12.9 Å². The molecule has 1 aromatic carbocycles. The highest BCUT2D eigenvalue weighted by molar-refractivity contribution is 7.90. The summed E-state index contributed by atoms with van der Waals surface area (Å²) in [4.78, 5) is 11.4. The smallest absolute Gasteiger partial charge is 0.237 e. The molecule has 0 N–H and O–H groups in total. The van der Waals surface area contributed by atoms with Crippen molar-refractivity contribution < 1.29 is 17.9 Å². The standard InChI is InChI=1S/C12H15NO4S/c1-17-11-4-2-10(3-5-11)6-8-13-12(14)7-9-18(13,15)16/h2-5H,6-9H2,1H3. The molecule has 0 aliphatic carbocycles. The van der Waals surface area contributed by atoms with Gasteiger partial charge in [0.25, 0.3) is 0 Å². The molecule has 1 fully saturated rings. The van der Waals surface area contributed by atoms with Crippen molar-refractivity contribution in [3.8, 4) is 5.75 Å². The Morgan fingerprint density at radius 2 is 1.94 bits per heavy atom. The number of methoxy groups -OCH3 is 1. The maximum atomic E-state index is 11.6. The van der Waals surface area contributed by atoms with E-state index in [9.17, 15) is 13.2 Å². The van der Waals surface area contributed by atoms with E-state index >= 15 is 0 Å². The molecule has 1 heterocycles. The van der Waals surface area contributed by atoms with Crippen molar-refractivity contribution in [2.24, 2.45) is 0 Å². The minimum Gasteiger partial charge on any atom is -0.497 e. The first-order valence-electron chi connectivity index (χ1n) is 5.69. The first-order chi connectivity index (χ1) is 8.53. The summed E-state index contributed by atoms with van der Waals surface area (Å²) in [5.74, 6) is 0.390. The van der Waals surface area contributed by atoms with Gasteiger partial charge < -0.3 is 4.74 Å². The van der Waals surface area contributed by atoms with E-state index in [1.165, 1.54) is 0 Å². The van der Waals surface area contributed by atoms with E-state index in [0.29, 0.717) is 6.42 Å². The summed E-state index contributed by atoms with van der Waals surface area (Å²) in [5, 5.41) is 0. The van der Waals surface area contributed by atoms with Crippen LogP contribution >= 0.6 is 0 Å². The number of rotatable bonds is 4. The van der Waals surface area contributed by atoms with E-state index in [-0.39, 0.29) is 24.6 Å². The monoisotopic (exact) mass is 269 g/mol. The zero-order valence-electron chi connectivity index (χ0n) is 10.1. The third-order valence-corrected chi connectivity index (χ3v) is 4.73. The van der Waals surface area contributed by atoms with Crippen molar-refractivity contribution in [2.45, 2.75) is 12.8 Å². The van der Waals surface area contributed by atoms with Crippen LogP contribution in [-0.4, -0.2) is 38.0 Å². The SMILES string of the molecule is COc1ccc(CCN2C(=O)CCS2(=O)=O)cc1. The second-order valence-corrected chi connectivity index (χ2v) is 6.14. The maximum absolute atomic E-state index is 11.6. The first kappa shape index (κ1) is 12.9. The van der Waals surface area contributed by atoms with E-state index in [1.807, 2.05) is 24.3 Å². The highest BCUT2D eigenvalue weighted by Gasteiger charge is 2.34. The topological polar surface area (TPSA) is 63.7 Å². The number of benzene rings is 1. The molecule has 0 bridgehead atoms. The highest BCUT2D eigenvalue weighted by atomic mass is 32.2. The van der Waals surface area contributed by atoms with E-state index < -0.39 is 10.0 Å². The van der Waals surface area contributed by atoms with Crippen molar-refractivity contribution in [2.75, 3.05) is 19.4 Å². The lowest BCUT2D eigenvalue weighted by Gasteiger charge is -2.14. The van der Waals surface area contributed by atoms with Gasteiger partial charge in [-0.1, -0.05) is 12.1 Å². The average molecular weight is 269 g/mol. The Kier molecular flexibility index (Phi) is 3.56. The minimum absolute atomic E-state index is 0.0611. The zero-order chi connectivity index (χ0) is 13.2. The van der Waals surface area contributed by atoms with Crippen molar-refractivity contribution >= 4 is 15.9 Å². The van der Waals surface area contributed by atoms with Gasteiger partial charge in [-0.05, 0) is 24.1 Å². The summed E-state index contributed by atoms with van der Waals surface area (Å²) >= 11 is 0. The molecular weight excluding hydrogens is 254 g/mol. The van der Waals surface area contributed by atoms with Crippen LogP contribution in [0, 0.1) is 0 Å². The van der Waals surface area contributed by atoms with Crippen LogP contribution < -0.4 is 4.74 Å². The van der Waals surface area contributed by atoms with Gasteiger partial charge in [-0.15, -0.1) is 0 Å². The predicted molar refractivity (Wildman–Crippen MR) is 66.8 cm³/mol. The quantitative estimate of drug-likeness (QED) is 0.811. The van der Waals surface area contributed by atoms with Crippen molar-refractivity contribution in [3.05, 3.63) is 29.8 Å². The molecule has 0 radical (unpaired) electrons. The highest BCUT2D eigenvalue weighted by Crippen LogP contribution is 2.17. The molecule has 18 heavy (non-hydrogen) atoms. The summed E-state index contributed by atoms with van der Waals surface area (Å²) in [6.07, 6.45) is 0.625. The number of amides is 1. The van der Waals surface area contributed by atoms with Gasteiger partial charge in [-0.2, -0.15) is 0 Å². The first-order valence-corrected chi connectivity index (χ1v) is 7.30. The molecule has 0 spiro atoms. The molecule has 1 aliphatic rings. The van der Waals surface area contributed by atoms with E-state index in [4.69, 9.17) is 4.74 Å². The van der Waals surface area contributed by atoms with Gasteiger partial charge in [-0.3, -0.25) is 4.79 Å². The minimum atomic E-state index is -3.36. The molecule has 1 amide bonds. The summed E-state index contributed by atoms with van der Waals surface area (Å²) in [7, 11) is -1.77. The predicted octanol–water partition coefficient (Wildman–Crippen LogP) is 0.800. The lowest BCUT2D eigenvalue weighted by atomic mass is 10.1. The molecule has 0 unspecified atom stereocenters. The van der Waals surface area contributed by atoms with Crippen LogP contribution in [-0.2, 0) is 21.2 Å². The Hall–Kier alpha value is -1.56. The van der Waals surface area contributed by atoms with E-state index in [0.717, 1.165) is 15.6 Å². The largest absolute Gasteiger partial charge is 0.497 e. The lowest BCUT2D eigenvalue weighted by Crippen LogP contribution is -2.31. The van der Waals surface area contributed by atoms with Gasteiger partial charge in [0, 0.05) is 13.0 Å². The van der Waals surface area contributed by atoms with Crippen LogP contribution in [0.15, 0.2) is 24.3 Å². The summed E-state index contributed by atoms with van der Waals surface area (Å²) in [6.45, 7) is 0.216. The van der Waals surface area contributed by atoms with Gasteiger partial charge in [0.2, 0.25) is 15.9 Å². The van der Waals surface area contributed by atoms with Gasteiger partial charge in [0.15, 0.2) is 0 Å². The molecule has 2 rings (SSSR count). The molecule has 98 valence electrons. The van der Waals surface area contributed by atoms with Gasteiger partial charge >= 0.3 is 0 Å². The van der Waals surface area contributed by atoms with Crippen LogP contribution in [0.1, 0.15) is 12.0 Å². The maximum Gasteiger partial charge on any atom is 0.237 e. The fraction of sp³-hybridized carbons (Fsp3) is 0.417. The number of sulfonamides is 1. The molecule has 1 aliphatic heterocycles. The molecular formula is C12H15NO4S. The Morgan fingerprint density at radius 3 is 2.44 bits per heavy atom. The van der Waals surface area contributed by atoms with Crippen molar-refractivity contribution in [1.82, 2.24) is 4.31 Å². The number of nitrogens with zero attached hydrogens (tertiary/aromatic N) is 1. The van der Waals surface area contributed by atoms with E-state index in [1.54, 1.807) is 7.11 Å². The zero-order valence-corrected chi connectivity index (χ0v) is 10.9. The molecule has 1 aromatic rings. The number of hydrogen-bond acceptors (Lipinski definition) is 4. The number of carbonyl (C=O) groups excluding carboxylic acids is 1. The summed E-state index contributed by atoms with van der Waals surface area (Å²) in [6, 6.07) is 7.36. The molecule has 0 saturated carbocycles. The Morgan fingerprint density at radius 1 is 1.28 bits per heavy atom. The Bertz CT molecular complexity index is 536. The second kappa shape index (κ2) is 4.97. The third kappa shape index (κ3) is 2.64. The van der Waals surface area contributed by atoms with Crippen LogP contribution in [0.25, 0.3) is 0 Å². The van der Waals surface area contributed by atoms with Crippen LogP contribution in [0.3, 0.4) is 0 Å². The van der Waals surface area contributed by atoms with Gasteiger partial charge in [0.1, 0.15) is 5.75 Å². The Labute approximate surface area is 106 Å². The molecule has 1 saturated heterocycles. The van der Waals surface area contributed by atoms with Crippen LogP contribution in [0.2, 0.25) is 0 Å².